The first-order valence-corrected chi connectivity index (χ1v) is 9.16. The lowest BCUT2D eigenvalue weighted by atomic mass is 9.99. The van der Waals surface area contributed by atoms with Gasteiger partial charge in [-0.15, -0.1) is 0 Å². The van der Waals surface area contributed by atoms with E-state index in [1.807, 2.05) is 0 Å². The van der Waals surface area contributed by atoms with E-state index in [9.17, 15) is 4.79 Å². The summed E-state index contributed by atoms with van der Waals surface area (Å²) in [5.41, 5.74) is 0. The molecule has 1 rings (SSSR count). The number of halogens is 2. The second-order valence-corrected chi connectivity index (χ2v) is 6.59. The summed E-state index contributed by atoms with van der Waals surface area (Å²) in [6, 6.07) is 5.12. The van der Waals surface area contributed by atoms with Crippen LogP contribution in [0.15, 0.2) is 18.2 Å². The molecule has 5 heteroatoms. The van der Waals surface area contributed by atoms with Crippen LogP contribution < -0.4 is 10.1 Å². The SMILES string of the molecule is CCCC[C@H](CC)CNC(=O)CCCOc1ccc(Cl)cc1Cl. The molecule has 1 amide bonds. The van der Waals surface area contributed by atoms with Gasteiger partial charge in [-0.2, -0.15) is 0 Å². The van der Waals surface area contributed by atoms with E-state index in [2.05, 4.69) is 19.2 Å². The minimum atomic E-state index is 0.0887. The zero-order valence-corrected chi connectivity index (χ0v) is 15.6. The summed E-state index contributed by atoms with van der Waals surface area (Å²) in [6.45, 7) is 5.61. The van der Waals surface area contributed by atoms with Crippen molar-refractivity contribution in [3.63, 3.8) is 0 Å². The summed E-state index contributed by atoms with van der Waals surface area (Å²) in [5, 5.41) is 4.09. The molecule has 1 aromatic carbocycles. The maximum Gasteiger partial charge on any atom is 0.220 e. The van der Waals surface area contributed by atoms with Crippen LogP contribution in [0.25, 0.3) is 0 Å². The van der Waals surface area contributed by atoms with Crippen molar-refractivity contribution >= 4 is 29.1 Å². The normalized spacial score (nSPS) is 12.0. The molecule has 0 saturated carbocycles. The maximum atomic E-state index is 11.8. The highest BCUT2D eigenvalue weighted by atomic mass is 35.5. The monoisotopic (exact) mass is 359 g/mol. The molecule has 1 aromatic rings. The van der Waals surface area contributed by atoms with Crippen LogP contribution in [0.1, 0.15) is 52.4 Å². The Hall–Kier alpha value is -0.930. The molecule has 0 fully saturated rings. The third kappa shape index (κ3) is 8.47. The van der Waals surface area contributed by atoms with Crippen molar-refractivity contribution in [2.24, 2.45) is 5.92 Å². The third-order valence-corrected chi connectivity index (χ3v) is 4.36. The number of benzene rings is 1. The lowest BCUT2D eigenvalue weighted by Gasteiger charge is -2.15. The van der Waals surface area contributed by atoms with Crippen molar-refractivity contribution < 1.29 is 9.53 Å². The molecule has 0 aliphatic carbocycles. The molecule has 0 heterocycles. The summed E-state index contributed by atoms with van der Waals surface area (Å²) >= 11 is 11.9. The zero-order valence-electron chi connectivity index (χ0n) is 14.0. The van der Waals surface area contributed by atoms with Gasteiger partial charge < -0.3 is 10.1 Å². The highest BCUT2D eigenvalue weighted by Gasteiger charge is 2.08. The topological polar surface area (TPSA) is 38.3 Å². The predicted molar refractivity (Wildman–Crippen MR) is 97.5 cm³/mol. The number of hydrogen-bond acceptors (Lipinski definition) is 2. The summed E-state index contributed by atoms with van der Waals surface area (Å²) in [4.78, 5) is 11.8. The first kappa shape index (κ1) is 20.1. The van der Waals surface area contributed by atoms with Crippen molar-refractivity contribution in [1.82, 2.24) is 5.32 Å². The fraction of sp³-hybridized carbons (Fsp3) is 0.611. The summed E-state index contributed by atoms with van der Waals surface area (Å²) in [6.07, 6.45) is 5.86. The predicted octanol–water partition coefficient (Wildman–Crippen LogP) is 5.49. The molecule has 0 aliphatic heterocycles. The van der Waals surface area contributed by atoms with E-state index in [0.717, 1.165) is 13.0 Å². The van der Waals surface area contributed by atoms with Crippen LogP contribution in [0, 0.1) is 5.92 Å². The third-order valence-electron chi connectivity index (χ3n) is 3.83. The smallest absolute Gasteiger partial charge is 0.220 e. The van der Waals surface area contributed by atoms with E-state index in [0.29, 0.717) is 41.2 Å². The first-order chi connectivity index (χ1) is 11.1. The molecule has 3 nitrogen and oxygen atoms in total. The Morgan fingerprint density at radius 2 is 2.04 bits per heavy atom. The number of ether oxygens (including phenoxy) is 1. The van der Waals surface area contributed by atoms with Gasteiger partial charge in [0.2, 0.25) is 5.91 Å². The number of carbonyl (C=O) groups is 1. The van der Waals surface area contributed by atoms with E-state index < -0.39 is 0 Å². The quantitative estimate of drug-likeness (QED) is 0.530. The molecule has 0 aromatic heterocycles. The molecule has 1 atom stereocenters. The van der Waals surface area contributed by atoms with Crippen LogP contribution in [0.4, 0.5) is 0 Å². The molecule has 23 heavy (non-hydrogen) atoms. The van der Waals surface area contributed by atoms with Gasteiger partial charge in [0.15, 0.2) is 0 Å². The Bertz CT molecular complexity index is 480. The van der Waals surface area contributed by atoms with Gasteiger partial charge in [-0.25, -0.2) is 0 Å². The summed E-state index contributed by atoms with van der Waals surface area (Å²) in [7, 11) is 0. The fourth-order valence-corrected chi connectivity index (χ4v) is 2.76. The highest BCUT2D eigenvalue weighted by Crippen LogP contribution is 2.27. The Kier molecular flexibility index (Phi) is 10.1. The first-order valence-electron chi connectivity index (χ1n) is 8.41. The highest BCUT2D eigenvalue weighted by molar-refractivity contribution is 6.35. The molecular formula is C18H27Cl2NO2. The second kappa shape index (κ2) is 11.6. The van der Waals surface area contributed by atoms with Gasteiger partial charge in [0, 0.05) is 18.0 Å². The van der Waals surface area contributed by atoms with Gasteiger partial charge in [0.05, 0.1) is 11.6 Å². The number of carbonyl (C=O) groups excluding carboxylic acids is 1. The van der Waals surface area contributed by atoms with Crippen molar-refractivity contribution in [1.29, 1.82) is 0 Å². The van der Waals surface area contributed by atoms with Gasteiger partial charge in [0.25, 0.3) is 0 Å². The van der Waals surface area contributed by atoms with E-state index in [1.54, 1.807) is 18.2 Å². The molecule has 0 unspecified atom stereocenters. The van der Waals surface area contributed by atoms with Crippen LogP contribution in [0.3, 0.4) is 0 Å². The Morgan fingerprint density at radius 1 is 1.26 bits per heavy atom. The molecular weight excluding hydrogens is 333 g/mol. The minimum Gasteiger partial charge on any atom is -0.492 e. The lowest BCUT2D eigenvalue weighted by Crippen LogP contribution is -2.29. The molecule has 0 bridgehead atoms. The number of amides is 1. The van der Waals surface area contributed by atoms with Crippen molar-refractivity contribution in [3.05, 3.63) is 28.2 Å². The van der Waals surface area contributed by atoms with E-state index >= 15 is 0 Å². The standard InChI is InChI=1S/C18H27Cl2NO2/c1-3-5-7-14(4-2)13-21-18(22)8-6-11-23-17-10-9-15(19)12-16(17)20/h9-10,12,14H,3-8,11,13H2,1-2H3,(H,21,22)/t14-/m0/s1. The summed E-state index contributed by atoms with van der Waals surface area (Å²) < 4.78 is 5.57. The minimum absolute atomic E-state index is 0.0887. The number of hydrogen-bond donors (Lipinski definition) is 1. The number of unbranched alkanes of at least 4 members (excludes halogenated alkanes) is 1. The Balaban J connectivity index is 2.18. The zero-order chi connectivity index (χ0) is 17.1. The van der Waals surface area contributed by atoms with Crippen LogP contribution >= 0.6 is 23.2 Å². The van der Waals surface area contributed by atoms with E-state index in [1.165, 1.54) is 19.3 Å². The van der Waals surface area contributed by atoms with Gasteiger partial charge in [-0.05, 0) is 37.0 Å². The van der Waals surface area contributed by atoms with Gasteiger partial charge in [0.1, 0.15) is 5.75 Å². The molecule has 0 radical (unpaired) electrons. The number of rotatable bonds is 11. The fourth-order valence-electron chi connectivity index (χ4n) is 2.30. The Morgan fingerprint density at radius 3 is 2.70 bits per heavy atom. The van der Waals surface area contributed by atoms with Crippen molar-refractivity contribution in [2.75, 3.05) is 13.2 Å². The Labute approximate surface area is 149 Å². The van der Waals surface area contributed by atoms with Crippen molar-refractivity contribution in [3.8, 4) is 5.75 Å². The molecule has 0 saturated heterocycles. The van der Waals surface area contributed by atoms with Crippen LogP contribution in [-0.2, 0) is 4.79 Å². The van der Waals surface area contributed by atoms with Crippen LogP contribution in [0.2, 0.25) is 10.0 Å². The van der Waals surface area contributed by atoms with Gasteiger partial charge in [-0.3, -0.25) is 4.79 Å². The lowest BCUT2D eigenvalue weighted by molar-refractivity contribution is -0.121. The second-order valence-electron chi connectivity index (χ2n) is 5.75. The molecule has 130 valence electrons. The van der Waals surface area contributed by atoms with Crippen LogP contribution in [-0.4, -0.2) is 19.1 Å². The maximum absolute atomic E-state index is 11.8. The van der Waals surface area contributed by atoms with Gasteiger partial charge >= 0.3 is 0 Å². The van der Waals surface area contributed by atoms with Crippen molar-refractivity contribution in [2.45, 2.75) is 52.4 Å². The van der Waals surface area contributed by atoms with E-state index in [4.69, 9.17) is 27.9 Å². The van der Waals surface area contributed by atoms with Gasteiger partial charge in [-0.1, -0.05) is 56.3 Å². The molecule has 1 N–H and O–H groups in total. The molecule has 0 spiro atoms. The largest absolute Gasteiger partial charge is 0.492 e. The number of nitrogens with one attached hydrogen (secondary N) is 1. The van der Waals surface area contributed by atoms with Crippen LogP contribution in [0.5, 0.6) is 5.75 Å². The average Bonchev–Trinajstić information content (AvgIpc) is 2.53. The summed E-state index contributed by atoms with van der Waals surface area (Å²) in [5.74, 6) is 1.27. The van der Waals surface area contributed by atoms with E-state index in [-0.39, 0.29) is 5.91 Å². The molecule has 0 aliphatic rings. The average molecular weight is 360 g/mol.